The first-order valence-corrected chi connectivity index (χ1v) is 7.19. The maximum Gasteiger partial charge on any atom is 0.139 e. The number of rotatable bonds is 2. The molecule has 2 rings (SSSR count). The Hall–Kier alpha value is -1.55. The number of anilines is 3. The van der Waals surface area contributed by atoms with Gasteiger partial charge in [-0.1, -0.05) is 39.0 Å². The molecule has 3 N–H and O–H groups in total. The third kappa shape index (κ3) is 3.12. The quantitative estimate of drug-likeness (QED) is 0.738. The highest BCUT2D eigenvalue weighted by molar-refractivity contribution is 9.10. The van der Waals surface area contributed by atoms with Crippen molar-refractivity contribution >= 4 is 33.0 Å². The Kier molecular flexibility index (Phi) is 4.04. The zero-order chi connectivity index (χ0) is 14.9. The van der Waals surface area contributed by atoms with Crippen molar-refractivity contribution in [3.05, 3.63) is 52.3 Å². The maximum absolute atomic E-state index is 13.4. The number of nitrogen functional groups attached to an aromatic ring is 1. The normalized spacial score (nSPS) is 11.4. The Morgan fingerprint density at radius 1 is 1.10 bits per heavy atom. The zero-order valence-electron chi connectivity index (χ0n) is 11.8. The highest BCUT2D eigenvalue weighted by Crippen LogP contribution is 2.34. The van der Waals surface area contributed by atoms with Gasteiger partial charge in [0.05, 0.1) is 15.8 Å². The van der Waals surface area contributed by atoms with Gasteiger partial charge in [-0.05, 0) is 39.0 Å². The second-order valence-corrected chi connectivity index (χ2v) is 6.63. The fourth-order valence-corrected chi connectivity index (χ4v) is 2.41. The smallest absolute Gasteiger partial charge is 0.139 e. The molecule has 0 aliphatic heterocycles. The summed E-state index contributed by atoms with van der Waals surface area (Å²) in [6.45, 7) is 6.45. The lowest BCUT2D eigenvalue weighted by Gasteiger charge is -2.24. The molecule has 0 unspecified atom stereocenters. The van der Waals surface area contributed by atoms with Crippen molar-refractivity contribution in [1.29, 1.82) is 0 Å². The van der Waals surface area contributed by atoms with Gasteiger partial charge < -0.3 is 11.1 Å². The Morgan fingerprint density at radius 2 is 1.75 bits per heavy atom. The molecule has 0 bridgehead atoms. The van der Waals surface area contributed by atoms with E-state index in [-0.39, 0.29) is 11.2 Å². The van der Waals surface area contributed by atoms with Crippen LogP contribution in [0.2, 0.25) is 0 Å². The number of hydrogen-bond acceptors (Lipinski definition) is 2. The van der Waals surface area contributed by atoms with Crippen LogP contribution in [0.15, 0.2) is 40.9 Å². The van der Waals surface area contributed by atoms with Crippen LogP contribution in [0.5, 0.6) is 0 Å². The number of hydrogen-bond donors (Lipinski definition) is 2. The third-order valence-corrected chi connectivity index (χ3v) is 3.70. The van der Waals surface area contributed by atoms with Gasteiger partial charge in [0.1, 0.15) is 5.82 Å². The lowest BCUT2D eigenvalue weighted by molar-refractivity contribution is 0.592. The summed E-state index contributed by atoms with van der Waals surface area (Å²) in [6, 6.07) is 11.0. The average Bonchev–Trinajstić information content (AvgIpc) is 2.35. The van der Waals surface area contributed by atoms with E-state index in [1.54, 1.807) is 6.07 Å². The number of para-hydroxylation sites is 1. The molecule has 0 aromatic heterocycles. The van der Waals surface area contributed by atoms with E-state index in [0.29, 0.717) is 15.8 Å². The van der Waals surface area contributed by atoms with E-state index in [0.717, 1.165) is 5.69 Å². The number of nitrogens with one attached hydrogen (secondary N) is 1. The number of benzene rings is 2. The van der Waals surface area contributed by atoms with Crippen molar-refractivity contribution in [1.82, 2.24) is 0 Å². The molecule has 0 spiro atoms. The lowest BCUT2D eigenvalue weighted by atomic mass is 9.86. The van der Waals surface area contributed by atoms with Crippen LogP contribution in [-0.4, -0.2) is 0 Å². The number of nitrogens with two attached hydrogens (primary N) is 1. The Bertz CT molecular complexity index is 633. The SMILES string of the molecule is CC(C)(C)c1ccccc1Nc1cc(Br)c(F)cc1N. The van der Waals surface area contributed by atoms with Crippen molar-refractivity contribution in [2.75, 3.05) is 11.1 Å². The van der Waals surface area contributed by atoms with Gasteiger partial charge in [0.15, 0.2) is 0 Å². The topological polar surface area (TPSA) is 38.0 Å². The molecule has 0 saturated carbocycles. The molecule has 2 nitrogen and oxygen atoms in total. The minimum absolute atomic E-state index is 0.00954. The molecular formula is C16H18BrFN2. The van der Waals surface area contributed by atoms with E-state index < -0.39 is 0 Å². The predicted octanol–water partition coefficient (Wildman–Crippen LogP) is 5.21. The predicted molar refractivity (Wildman–Crippen MR) is 86.9 cm³/mol. The van der Waals surface area contributed by atoms with Gasteiger partial charge in [-0.2, -0.15) is 0 Å². The van der Waals surface area contributed by atoms with Gasteiger partial charge in [0, 0.05) is 11.8 Å². The number of halogens is 2. The Balaban J connectivity index is 2.43. The first-order chi connectivity index (χ1) is 9.29. The van der Waals surface area contributed by atoms with Crippen LogP contribution in [0.3, 0.4) is 0 Å². The van der Waals surface area contributed by atoms with E-state index >= 15 is 0 Å². The summed E-state index contributed by atoms with van der Waals surface area (Å²) in [7, 11) is 0. The summed E-state index contributed by atoms with van der Waals surface area (Å²) in [5, 5.41) is 3.29. The first kappa shape index (κ1) is 14.9. The molecule has 0 saturated heterocycles. The average molecular weight is 337 g/mol. The summed E-state index contributed by atoms with van der Waals surface area (Å²) >= 11 is 3.18. The lowest BCUT2D eigenvalue weighted by Crippen LogP contribution is -2.13. The van der Waals surface area contributed by atoms with Crippen molar-refractivity contribution < 1.29 is 4.39 Å². The molecule has 0 aliphatic rings. The monoisotopic (exact) mass is 336 g/mol. The molecule has 4 heteroatoms. The highest BCUT2D eigenvalue weighted by Gasteiger charge is 2.18. The molecule has 0 amide bonds. The molecule has 2 aromatic carbocycles. The first-order valence-electron chi connectivity index (χ1n) is 6.40. The van der Waals surface area contributed by atoms with Gasteiger partial charge in [0.25, 0.3) is 0 Å². The minimum atomic E-state index is -0.364. The van der Waals surface area contributed by atoms with Crippen LogP contribution in [0.4, 0.5) is 21.5 Å². The van der Waals surface area contributed by atoms with Gasteiger partial charge >= 0.3 is 0 Å². The molecule has 0 heterocycles. The van der Waals surface area contributed by atoms with E-state index in [4.69, 9.17) is 5.73 Å². The van der Waals surface area contributed by atoms with E-state index in [1.165, 1.54) is 11.6 Å². The van der Waals surface area contributed by atoms with Crippen LogP contribution in [0.25, 0.3) is 0 Å². The van der Waals surface area contributed by atoms with E-state index in [9.17, 15) is 4.39 Å². The van der Waals surface area contributed by atoms with Crippen molar-refractivity contribution in [3.8, 4) is 0 Å². The molecule has 0 atom stereocenters. The van der Waals surface area contributed by atoms with Crippen LogP contribution >= 0.6 is 15.9 Å². The van der Waals surface area contributed by atoms with Gasteiger partial charge in [0.2, 0.25) is 0 Å². The van der Waals surface area contributed by atoms with E-state index in [2.05, 4.69) is 48.1 Å². The highest BCUT2D eigenvalue weighted by atomic mass is 79.9. The van der Waals surface area contributed by atoms with Crippen LogP contribution in [-0.2, 0) is 5.41 Å². The largest absolute Gasteiger partial charge is 0.397 e. The molecule has 0 aliphatic carbocycles. The third-order valence-electron chi connectivity index (χ3n) is 3.10. The van der Waals surface area contributed by atoms with Gasteiger partial charge in [-0.3, -0.25) is 0 Å². The van der Waals surface area contributed by atoms with Gasteiger partial charge in [-0.25, -0.2) is 4.39 Å². The zero-order valence-corrected chi connectivity index (χ0v) is 13.4. The maximum atomic E-state index is 13.4. The van der Waals surface area contributed by atoms with E-state index in [1.807, 2.05) is 18.2 Å². The van der Waals surface area contributed by atoms with Crippen molar-refractivity contribution in [2.24, 2.45) is 0 Å². The standard InChI is InChI=1S/C16H18BrFN2/c1-16(2,3)10-6-4-5-7-14(10)20-15-8-11(17)12(18)9-13(15)19/h4-9,20H,19H2,1-3H3. The van der Waals surface area contributed by atoms with Crippen LogP contribution in [0, 0.1) is 5.82 Å². The molecule has 106 valence electrons. The van der Waals surface area contributed by atoms with Gasteiger partial charge in [-0.15, -0.1) is 0 Å². The summed E-state index contributed by atoms with van der Waals surface area (Å²) in [5.41, 5.74) is 9.11. The summed E-state index contributed by atoms with van der Waals surface area (Å²) in [5.74, 6) is -0.364. The minimum Gasteiger partial charge on any atom is -0.397 e. The second-order valence-electron chi connectivity index (χ2n) is 5.77. The fourth-order valence-electron chi connectivity index (χ4n) is 2.06. The Morgan fingerprint density at radius 3 is 2.40 bits per heavy atom. The summed E-state index contributed by atoms with van der Waals surface area (Å²) in [6.07, 6.45) is 0. The molecule has 0 fully saturated rings. The summed E-state index contributed by atoms with van der Waals surface area (Å²) < 4.78 is 13.8. The fraction of sp³-hybridized carbons (Fsp3) is 0.250. The van der Waals surface area contributed by atoms with Crippen molar-refractivity contribution in [3.63, 3.8) is 0 Å². The van der Waals surface area contributed by atoms with Crippen LogP contribution in [0.1, 0.15) is 26.3 Å². The van der Waals surface area contributed by atoms with Crippen molar-refractivity contribution in [2.45, 2.75) is 26.2 Å². The molecule has 0 radical (unpaired) electrons. The molecule has 20 heavy (non-hydrogen) atoms. The summed E-state index contributed by atoms with van der Waals surface area (Å²) in [4.78, 5) is 0. The molecule has 2 aromatic rings. The Labute approximate surface area is 127 Å². The second kappa shape index (κ2) is 5.44. The van der Waals surface area contributed by atoms with Crippen LogP contribution < -0.4 is 11.1 Å². The molecular weight excluding hydrogens is 319 g/mol.